The van der Waals surface area contributed by atoms with Gasteiger partial charge in [-0.3, -0.25) is 4.99 Å². The molecule has 0 aromatic heterocycles. The fourth-order valence-electron chi connectivity index (χ4n) is 2.79. The van der Waals surface area contributed by atoms with Crippen molar-refractivity contribution in [1.82, 2.24) is 0 Å². The topological polar surface area (TPSA) is 40.0 Å². The lowest BCUT2D eigenvalue weighted by Crippen LogP contribution is -2.15. The van der Waals surface area contributed by atoms with Gasteiger partial charge in [-0.25, -0.2) is 0 Å². The van der Waals surface area contributed by atoms with E-state index in [1.807, 2.05) is 36.4 Å². The highest BCUT2D eigenvalue weighted by Crippen LogP contribution is 2.34. The second-order valence-corrected chi connectivity index (χ2v) is 5.04. The second kappa shape index (κ2) is 7.38. The molecule has 3 rings (SSSR count). The molecule has 0 spiro atoms. The van der Waals surface area contributed by atoms with Crippen molar-refractivity contribution < 1.29 is 14.2 Å². The zero-order valence-corrected chi connectivity index (χ0v) is 14.3. The molecule has 0 aliphatic carbocycles. The van der Waals surface area contributed by atoms with Gasteiger partial charge in [0.15, 0.2) is 11.5 Å². The Kier molecular flexibility index (Phi) is 5.50. The number of methoxy groups -OCH3 is 3. The monoisotopic (exact) mass is 333 g/mol. The van der Waals surface area contributed by atoms with Gasteiger partial charge in [-0.15, -0.1) is 12.4 Å². The van der Waals surface area contributed by atoms with E-state index < -0.39 is 0 Å². The number of hydrogen-bond acceptors (Lipinski definition) is 4. The highest BCUT2D eigenvalue weighted by Gasteiger charge is 2.21. The van der Waals surface area contributed by atoms with E-state index in [1.54, 1.807) is 21.3 Å². The molecule has 0 atom stereocenters. The summed E-state index contributed by atoms with van der Waals surface area (Å²) >= 11 is 0. The number of halogens is 1. The van der Waals surface area contributed by atoms with Crippen molar-refractivity contribution in [3.8, 4) is 17.2 Å². The lowest BCUT2D eigenvalue weighted by atomic mass is 9.92. The van der Waals surface area contributed by atoms with Crippen LogP contribution in [0.15, 0.2) is 41.4 Å². The summed E-state index contributed by atoms with van der Waals surface area (Å²) in [6.45, 7) is 0.760. The summed E-state index contributed by atoms with van der Waals surface area (Å²) in [4.78, 5) is 4.72. The molecule has 0 bridgehead atoms. The van der Waals surface area contributed by atoms with Gasteiger partial charge in [0.05, 0.1) is 27.0 Å². The van der Waals surface area contributed by atoms with Crippen LogP contribution in [0, 0.1) is 0 Å². The third-order valence-electron chi connectivity index (χ3n) is 3.88. The van der Waals surface area contributed by atoms with E-state index in [1.165, 1.54) is 5.56 Å². The summed E-state index contributed by atoms with van der Waals surface area (Å²) in [5.74, 6) is 2.29. The number of ether oxygens (including phenoxy) is 3. The number of hydrogen-bond donors (Lipinski definition) is 0. The Labute approximate surface area is 142 Å². The maximum absolute atomic E-state index is 5.48. The van der Waals surface area contributed by atoms with E-state index >= 15 is 0 Å². The van der Waals surface area contributed by atoms with Crippen molar-refractivity contribution in [2.45, 2.75) is 6.42 Å². The van der Waals surface area contributed by atoms with Gasteiger partial charge in [-0.2, -0.15) is 0 Å². The predicted octanol–water partition coefficient (Wildman–Crippen LogP) is 3.53. The van der Waals surface area contributed by atoms with Gasteiger partial charge in [0.1, 0.15) is 5.75 Å². The number of benzene rings is 2. The smallest absolute Gasteiger partial charge is 0.161 e. The standard InChI is InChI=1S/C18H19NO3.ClH/c1-20-15-7-5-4-6-13(15)18-14-11-17(22-3)16(21-2)10-12(14)8-9-19-18;/h4-7,10-11H,8-9H2,1-3H3;1H. The number of para-hydroxylation sites is 1. The van der Waals surface area contributed by atoms with Gasteiger partial charge in [-0.1, -0.05) is 12.1 Å². The summed E-state index contributed by atoms with van der Waals surface area (Å²) in [6.07, 6.45) is 0.897. The van der Waals surface area contributed by atoms with Crippen LogP contribution in [0.1, 0.15) is 16.7 Å². The van der Waals surface area contributed by atoms with Crippen LogP contribution in [0.2, 0.25) is 0 Å². The molecule has 0 N–H and O–H groups in total. The fourth-order valence-corrected chi connectivity index (χ4v) is 2.79. The van der Waals surface area contributed by atoms with E-state index in [2.05, 4.69) is 0 Å². The van der Waals surface area contributed by atoms with Crippen molar-refractivity contribution >= 4 is 18.1 Å². The molecule has 4 nitrogen and oxygen atoms in total. The SMILES string of the molecule is COc1cc2c(cc1OC)C(c1ccccc1OC)=NCC2.Cl. The molecule has 1 aliphatic heterocycles. The molecular formula is C18H20ClNO3. The Morgan fingerprint density at radius 1 is 0.826 bits per heavy atom. The van der Waals surface area contributed by atoms with Crippen LogP contribution in [-0.4, -0.2) is 33.6 Å². The maximum Gasteiger partial charge on any atom is 0.161 e. The van der Waals surface area contributed by atoms with Crippen LogP contribution in [-0.2, 0) is 6.42 Å². The lowest BCUT2D eigenvalue weighted by molar-refractivity contribution is 0.354. The Bertz CT molecular complexity index is 728. The molecule has 0 saturated carbocycles. The first-order valence-electron chi connectivity index (χ1n) is 7.21. The summed E-state index contributed by atoms with van der Waals surface area (Å²) in [5, 5.41) is 0. The normalized spacial score (nSPS) is 12.6. The molecule has 1 aliphatic rings. The van der Waals surface area contributed by atoms with Crippen molar-refractivity contribution in [1.29, 1.82) is 0 Å². The minimum atomic E-state index is 0. The van der Waals surface area contributed by atoms with E-state index in [0.717, 1.165) is 41.3 Å². The second-order valence-electron chi connectivity index (χ2n) is 5.04. The maximum atomic E-state index is 5.48. The Morgan fingerprint density at radius 3 is 2.17 bits per heavy atom. The number of nitrogens with zero attached hydrogens (tertiary/aromatic N) is 1. The van der Waals surface area contributed by atoms with Crippen LogP contribution in [0.25, 0.3) is 0 Å². The molecule has 2 aromatic rings. The van der Waals surface area contributed by atoms with Crippen LogP contribution in [0.5, 0.6) is 17.2 Å². The average Bonchev–Trinajstić information content (AvgIpc) is 2.59. The Balaban J connectivity index is 0.00000192. The van der Waals surface area contributed by atoms with Crippen LogP contribution >= 0.6 is 12.4 Å². The van der Waals surface area contributed by atoms with Crippen molar-refractivity contribution in [3.05, 3.63) is 53.1 Å². The molecule has 23 heavy (non-hydrogen) atoms. The average molecular weight is 334 g/mol. The molecular weight excluding hydrogens is 314 g/mol. The van der Waals surface area contributed by atoms with Crippen LogP contribution < -0.4 is 14.2 Å². The van der Waals surface area contributed by atoms with Crippen molar-refractivity contribution in [2.75, 3.05) is 27.9 Å². The summed E-state index contributed by atoms with van der Waals surface area (Å²) < 4.78 is 16.3. The van der Waals surface area contributed by atoms with E-state index in [9.17, 15) is 0 Å². The summed E-state index contributed by atoms with van der Waals surface area (Å²) in [7, 11) is 4.98. The van der Waals surface area contributed by atoms with Gasteiger partial charge < -0.3 is 14.2 Å². The molecule has 1 heterocycles. The zero-order chi connectivity index (χ0) is 15.5. The van der Waals surface area contributed by atoms with Gasteiger partial charge in [0.25, 0.3) is 0 Å². The third kappa shape index (κ3) is 3.13. The first-order chi connectivity index (χ1) is 10.8. The third-order valence-corrected chi connectivity index (χ3v) is 3.88. The summed E-state index contributed by atoms with van der Waals surface area (Å²) in [5.41, 5.74) is 4.24. The number of rotatable bonds is 4. The summed E-state index contributed by atoms with van der Waals surface area (Å²) in [6, 6.07) is 12.0. The number of aliphatic imine (C=N–C) groups is 1. The van der Waals surface area contributed by atoms with Gasteiger partial charge >= 0.3 is 0 Å². The van der Waals surface area contributed by atoms with Gasteiger partial charge in [0, 0.05) is 17.7 Å². The van der Waals surface area contributed by atoms with E-state index in [-0.39, 0.29) is 12.4 Å². The Hall–Kier alpha value is -2.20. The van der Waals surface area contributed by atoms with Crippen molar-refractivity contribution in [2.24, 2.45) is 4.99 Å². The first-order valence-corrected chi connectivity index (χ1v) is 7.21. The molecule has 0 saturated heterocycles. The molecule has 0 unspecified atom stereocenters. The van der Waals surface area contributed by atoms with Gasteiger partial charge in [-0.05, 0) is 36.2 Å². The molecule has 2 aromatic carbocycles. The highest BCUT2D eigenvalue weighted by atomic mass is 35.5. The molecule has 0 amide bonds. The van der Waals surface area contributed by atoms with Crippen LogP contribution in [0.4, 0.5) is 0 Å². The van der Waals surface area contributed by atoms with Crippen molar-refractivity contribution in [3.63, 3.8) is 0 Å². The number of fused-ring (bicyclic) bond motifs is 1. The highest BCUT2D eigenvalue weighted by molar-refractivity contribution is 6.16. The largest absolute Gasteiger partial charge is 0.496 e. The fraction of sp³-hybridized carbons (Fsp3) is 0.278. The Morgan fingerprint density at radius 2 is 1.48 bits per heavy atom. The van der Waals surface area contributed by atoms with E-state index in [0.29, 0.717) is 5.75 Å². The molecule has 0 fully saturated rings. The quantitative estimate of drug-likeness (QED) is 0.859. The molecule has 5 heteroatoms. The molecule has 122 valence electrons. The molecule has 0 radical (unpaired) electrons. The first kappa shape index (κ1) is 17.2. The minimum Gasteiger partial charge on any atom is -0.496 e. The van der Waals surface area contributed by atoms with E-state index in [4.69, 9.17) is 19.2 Å². The van der Waals surface area contributed by atoms with Crippen LogP contribution in [0.3, 0.4) is 0 Å². The zero-order valence-electron chi connectivity index (χ0n) is 13.5. The lowest BCUT2D eigenvalue weighted by Gasteiger charge is -2.21. The van der Waals surface area contributed by atoms with Gasteiger partial charge in [0.2, 0.25) is 0 Å². The minimum absolute atomic E-state index is 0. The predicted molar refractivity (Wildman–Crippen MR) is 94.0 cm³/mol.